The first-order valence-electron chi connectivity index (χ1n) is 4.35. The lowest BCUT2D eigenvalue weighted by atomic mass is 10.2. The highest BCUT2D eigenvalue weighted by Gasteiger charge is 1.84. The van der Waals surface area contributed by atoms with E-state index in [9.17, 15) is 10.1 Å². The molecular weight excluding hydrogens is 166 g/mol. The van der Waals surface area contributed by atoms with Crippen molar-refractivity contribution in [1.29, 1.82) is 0 Å². The van der Waals surface area contributed by atoms with Gasteiger partial charge in [0.15, 0.2) is 0 Å². The average molecular weight is 181 g/mol. The van der Waals surface area contributed by atoms with E-state index in [1.54, 1.807) is 6.08 Å². The van der Waals surface area contributed by atoms with Gasteiger partial charge in [0.05, 0.1) is 4.92 Å². The lowest BCUT2D eigenvalue weighted by Gasteiger charge is -1.87. The van der Waals surface area contributed by atoms with E-state index in [-0.39, 0.29) is 0 Å². The van der Waals surface area contributed by atoms with Crippen LogP contribution in [-0.4, -0.2) is 4.92 Å². The van der Waals surface area contributed by atoms with E-state index in [0.717, 1.165) is 25.5 Å². The molecule has 13 heavy (non-hydrogen) atoms. The van der Waals surface area contributed by atoms with Gasteiger partial charge < -0.3 is 0 Å². The van der Waals surface area contributed by atoms with Crippen molar-refractivity contribution in [2.24, 2.45) is 0 Å². The quantitative estimate of drug-likeness (QED) is 0.273. The van der Waals surface area contributed by atoms with E-state index >= 15 is 0 Å². The fourth-order valence-corrected chi connectivity index (χ4v) is 0.800. The maximum Gasteiger partial charge on any atom is 0.230 e. The Morgan fingerprint density at radius 3 is 2.54 bits per heavy atom. The molecule has 0 unspecified atom stereocenters. The first-order chi connectivity index (χ1) is 6.27. The molecule has 0 rings (SSSR count). The Kier molecular flexibility index (Phi) is 7.79. The molecule has 0 aromatic rings. The van der Waals surface area contributed by atoms with Gasteiger partial charge in [0.1, 0.15) is 0 Å². The largest absolute Gasteiger partial charge is 0.259 e. The van der Waals surface area contributed by atoms with Crippen molar-refractivity contribution in [3.63, 3.8) is 0 Å². The number of unbranched alkanes of at least 4 members (excludes halogenated alkanes) is 2. The van der Waals surface area contributed by atoms with E-state index < -0.39 is 4.92 Å². The number of nitrogens with zero attached hydrogens (tertiary/aromatic N) is 1. The second-order valence-electron chi connectivity index (χ2n) is 2.55. The number of hydrogen-bond donors (Lipinski definition) is 0. The molecular formula is C10H15NO2. The summed E-state index contributed by atoms with van der Waals surface area (Å²) in [5, 5.41) is 9.87. The van der Waals surface area contributed by atoms with E-state index in [1.807, 2.05) is 25.2 Å². The molecule has 3 nitrogen and oxygen atoms in total. The zero-order chi connectivity index (χ0) is 9.94. The van der Waals surface area contributed by atoms with Gasteiger partial charge in [-0.1, -0.05) is 24.3 Å². The minimum Gasteiger partial charge on any atom is -0.259 e. The summed E-state index contributed by atoms with van der Waals surface area (Å²) in [5.74, 6) is 0. The third-order valence-corrected chi connectivity index (χ3v) is 1.41. The van der Waals surface area contributed by atoms with Crippen LogP contribution >= 0.6 is 0 Å². The minimum absolute atomic E-state index is 0.435. The SMILES string of the molecule is C/C=C/C=C/CCC/C=C/[N+](=O)[O-]. The summed E-state index contributed by atoms with van der Waals surface area (Å²) in [6, 6.07) is 0. The van der Waals surface area contributed by atoms with Crippen molar-refractivity contribution < 1.29 is 4.92 Å². The molecule has 0 radical (unpaired) electrons. The van der Waals surface area contributed by atoms with Crippen LogP contribution in [0.2, 0.25) is 0 Å². The van der Waals surface area contributed by atoms with Gasteiger partial charge in [-0.05, 0) is 32.3 Å². The van der Waals surface area contributed by atoms with Crippen molar-refractivity contribution in [2.75, 3.05) is 0 Å². The lowest BCUT2D eigenvalue weighted by Crippen LogP contribution is -1.81. The molecule has 0 aliphatic heterocycles. The third-order valence-electron chi connectivity index (χ3n) is 1.41. The van der Waals surface area contributed by atoms with Crippen LogP contribution < -0.4 is 0 Å². The van der Waals surface area contributed by atoms with Gasteiger partial charge in [0, 0.05) is 0 Å². The van der Waals surface area contributed by atoms with Crippen molar-refractivity contribution >= 4 is 0 Å². The highest BCUT2D eigenvalue weighted by molar-refractivity contribution is 5.00. The Balaban J connectivity index is 3.31. The maximum atomic E-state index is 9.87. The summed E-state index contributed by atoms with van der Waals surface area (Å²) in [5.41, 5.74) is 0. The van der Waals surface area contributed by atoms with Crippen LogP contribution in [0.1, 0.15) is 26.2 Å². The predicted octanol–water partition coefficient (Wildman–Crippen LogP) is 3.08. The van der Waals surface area contributed by atoms with Crippen LogP contribution in [0.4, 0.5) is 0 Å². The van der Waals surface area contributed by atoms with Crippen molar-refractivity contribution in [2.45, 2.75) is 26.2 Å². The number of nitro groups is 1. The standard InChI is InChI=1S/C10H15NO2/c1-2-3-4-5-6-7-8-9-10-11(12)13/h2-5,9-10H,6-8H2,1H3/b3-2+,5-4+,10-9+. The van der Waals surface area contributed by atoms with Gasteiger partial charge in [-0.25, -0.2) is 0 Å². The minimum atomic E-state index is -0.435. The second kappa shape index (κ2) is 8.71. The van der Waals surface area contributed by atoms with Crippen LogP contribution in [0.3, 0.4) is 0 Å². The first-order valence-corrected chi connectivity index (χ1v) is 4.35. The van der Waals surface area contributed by atoms with Crippen LogP contribution in [0.15, 0.2) is 36.6 Å². The Bertz CT molecular complexity index is 217. The van der Waals surface area contributed by atoms with E-state index in [2.05, 4.69) is 6.08 Å². The van der Waals surface area contributed by atoms with Crippen molar-refractivity contribution in [1.82, 2.24) is 0 Å². The molecule has 0 bridgehead atoms. The number of allylic oxidation sites excluding steroid dienone is 5. The summed E-state index contributed by atoms with van der Waals surface area (Å²) in [4.78, 5) is 9.43. The zero-order valence-corrected chi connectivity index (χ0v) is 7.85. The Morgan fingerprint density at radius 2 is 1.92 bits per heavy atom. The van der Waals surface area contributed by atoms with Gasteiger partial charge in [-0.3, -0.25) is 10.1 Å². The van der Waals surface area contributed by atoms with Crippen molar-refractivity contribution in [3.8, 4) is 0 Å². The topological polar surface area (TPSA) is 43.1 Å². The predicted molar refractivity (Wildman–Crippen MR) is 53.9 cm³/mol. The molecule has 0 spiro atoms. The summed E-state index contributed by atoms with van der Waals surface area (Å²) in [6.45, 7) is 1.96. The normalized spacial score (nSPS) is 12.1. The Hall–Kier alpha value is -1.38. The van der Waals surface area contributed by atoms with Crippen LogP contribution in [-0.2, 0) is 0 Å². The van der Waals surface area contributed by atoms with Crippen molar-refractivity contribution in [3.05, 3.63) is 46.7 Å². The van der Waals surface area contributed by atoms with Gasteiger partial charge in [0.2, 0.25) is 6.20 Å². The Morgan fingerprint density at radius 1 is 1.23 bits per heavy atom. The summed E-state index contributed by atoms with van der Waals surface area (Å²) in [6.07, 6.45) is 13.2. The molecule has 0 atom stereocenters. The zero-order valence-electron chi connectivity index (χ0n) is 7.85. The van der Waals surface area contributed by atoms with E-state index in [4.69, 9.17) is 0 Å². The Labute approximate surface area is 78.6 Å². The van der Waals surface area contributed by atoms with Crippen LogP contribution in [0.25, 0.3) is 0 Å². The summed E-state index contributed by atoms with van der Waals surface area (Å²) >= 11 is 0. The van der Waals surface area contributed by atoms with Gasteiger partial charge in [-0.15, -0.1) is 0 Å². The third kappa shape index (κ3) is 10.6. The number of rotatable bonds is 6. The fraction of sp³-hybridized carbons (Fsp3) is 0.400. The number of hydrogen-bond acceptors (Lipinski definition) is 2. The van der Waals surface area contributed by atoms with E-state index in [0.29, 0.717) is 0 Å². The molecule has 0 fully saturated rings. The molecule has 0 aliphatic rings. The fourth-order valence-electron chi connectivity index (χ4n) is 0.800. The molecule has 72 valence electrons. The monoisotopic (exact) mass is 181 g/mol. The molecule has 0 N–H and O–H groups in total. The lowest BCUT2D eigenvalue weighted by molar-refractivity contribution is -0.402. The molecule has 0 saturated heterocycles. The molecule has 0 aromatic carbocycles. The molecule has 0 aromatic heterocycles. The molecule has 0 aliphatic carbocycles. The first kappa shape index (κ1) is 11.6. The summed E-state index contributed by atoms with van der Waals surface area (Å²) in [7, 11) is 0. The molecule has 3 heteroatoms. The molecule has 0 heterocycles. The molecule has 0 amide bonds. The highest BCUT2D eigenvalue weighted by atomic mass is 16.6. The van der Waals surface area contributed by atoms with E-state index in [1.165, 1.54) is 0 Å². The van der Waals surface area contributed by atoms with Crippen LogP contribution in [0.5, 0.6) is 0 Å². The highest BCUT2D eigenvalue weighted by Crippen LogP contribution is 1.97. The van der Waals surface area contributed by atoms with Crippen LogP contribution in [0, 0.1) is 10.1 Å². The van der Waals surface area contributed by atoms with Gasteiger partial charge in [-0.2, -0.15) is 0 Å². The van der Waals surface area contributed by atoms with Gasteiger partial charge >= 0.3 is 0 Å². The smallest absolute Gasteiger partial charge is 0.230 e. The summed E-state index contributed by atoms with van der Waals surface area (Å²) < 4.78 is 0. The maximum absolute atomic E-state index is 9.87. The second-order valence-corrected chi connectivity index (χ2v) is 2.55. The van der Waals surface area contributed by atoms with Gasteiger partial charge in [0.25, 0.3) is 0 Å². The molecule has 0 saturated carbocycles. The average Bonchev–Trinajstić information content (AvgIpc) is 2.09.